The van der Waals surface area contributed by atoms with Crippen LogP contribution in [0, 0.1) is 0 Å². The lowest BCUT2D eigenvalue weighted by Gasteiger charge is -2.27. The smallest absolute Gasteiger partial charge is 0.185 e. The molecule has 0 aromatic rings. The van der Waals surface area contributed by atoms with Crippen molar-refractivity contribution < 1.29 is 9.84 Å². The summed E-state index contributed by atoms with van der Waals surface area (Å²) in [5.41, 5.74) is 10.3. The molecule has 0 spiro atoms. The molecule has 0 radical (unpaired) electrons. The summed E-state index contributed by atoms with van der Waals surface area (Å²) in [7, 11) is 3.88. The van der Waals surface area contributed by atoms with E-state index in [2.05, 4.69) is 4.99 Å². The molecule has 5 N–H and O–H groups in total. The van der Waals surface area contributed by atoms with Crippen LogP contribution in [0.2, 0.25) is 0 Å². The van der Waals surface area contributed by atoms with E-state index in [1.165, 1.54) is 0 Å². The van der Waals surface area contributed by atoms with Crippen LogP contribution in [0.15, 0.2) is 4.99 Å². The Morgan fingerprint density at radius 3 is 2.50 bits per heavy atom. The van der Waals surface area contributed by atoms with Crippen molar-refractivity contribution >= 4 is 5.96 Å². The highest BCUT2D eigenvalue weighted by molar-refractivity contribution is 5.75. The third-order valence-electron chi connectivity index (χ3n) is 2.34. The van der Waals surface area contributed by atoms with Crippen molar-refractivity contribution in [3.63, 3.8) is 0 Å². The fraction of sp³-hybridized carbons (Fsp3) is 0.900. The second kappa shape index (κ2) is 8.32. The SMILES string of the molecule is CCC(C(O)COCCN=C(N)N)N(C)C. The van der Waals surface area contributed by atoms with Crippen molar-refractivity contribution in [1.29, 1.82) is 0 Å². The predicted octanol–water partition coefficient (Wildman–Crippen LogP) is -1.02. The highest BCUT2D eigenvalue weighted by Crippen LogP contribution is 2.05. The summed E-state index contributed by atoms with van der Waals surface area (Å²) in [5.74, 6) is 0.0591. The lowest BCUT2D eigenvalue weighted by Crippen LogP contribution is -2.41. The van der Waals surface area contributed by atoms with Gasteiger partial charge in [0.05, 0.1) is 25.9 Å². The lowest BCUT2D eigenvalue weighted by atomic mass is 10.1. The normalized spacial score (nSPS) is 14.8. The fourth-order valence-corrected chi connectivity index (χ4v) is 1.54. The zero-order chi connectivity index (χ0) is 12.6. The van der Waals surface area contributed by atoms with E-state index in [4.69, 9.17) is 16.2 Å². The Morgan fingerprint density at radius 1 is 1.44 bits per heavy atom. The number of aliphatic imine (C=N–C) groups is 1. The van der Waals surface area contributed by atoms with Crippen molar-refractivity contribution in [1.82, 2.24) is 4.90 Å². The summed E-state index contributed by atoms with van der Waals surface area (Å²) >= 11 is 0. The van der Waals surface area contributed by atoms with Gasteiger partial charge < -0.3 is 26.2 Å². The molecule has 0 saturated heterocycles. The quantitative estimate of drug-likeness (QED) is 0.283. The molecule has 0 bridgehead atoms. The van der Waals surface area contributed by atoms with Gasteiger partial charge in [-0.1, -0.05) is 6.92 Å². The van der Waals surface area contributed by atoms with Crippen LogP contribution < -0.4 is 11.5 Å². The maximum absolute atomic E-state index is 9.84. The highest BCUT2D eigenvalue weighted by atomic mass is 16.5. The Hall–Kier alpha value is -0.850. The van der Waals surface area contributed by atoms with Crippen molar-refractivity contribution in [3.8, 4) is 0 Å². The Balaban J connectivity index is 3.71. The van der Waals surface area contributed by atoms with Gasteiger partial charge in [-0.2, -0.15) is 0 Å². The lowest BCUT2D eigenvalue weighted by molar-refractivity contribution is -0.00502. The number of guanidine groups is 1. The molecule has 0 fully saturated rings. The molecule has 2 atom stereocenters. The number of nitrogens with two attached hydrogens (primary N) is 2. The summed E-state index contributed by atoms with van der Waals surface area (Å²) in [6.45, 7) is 3.18. The first-order valence-corrected chi connectivity index (χ1v) is 5.46. The molecule has 6 nitrogen and oxygen atoms in total. The largest absolute Gasteiger partial charge is 0.389 e. The van der Waals surface area contributed by atoms with E-state index in [0.29, 0.717) is 19.8 Å². The molecular weight excluding hydrogens is 208 g/mol. The van der Waals surface area contributed by atoms with Crippen LogP contribution in [0.4, 0.5) is 0 Å². The molecule has 6 heteroatoms. The van der Waals surface area contributed by atoms with E-state index < -0.39 is 6.10 Å². The Kier molecular flexibility index (Phi) is 7.88. The minimum absolute atomic E-state index is 0.0591. The predicted molar refractivity (Wildman–Crippen MR) is 65.3 cm³/mol. The van der Waals surface area contributed by atoms with E-state index in [1.807, 2.05) is 25.9 Å². The molecule has 0 rings (SSSR count). The van der Waals surface area contributed by atoms with Crippen molar-refractivity contribution in [3.05, 3.63) is 0 Å². The standard InChI is InChI=1S/C10H24N4O2/c1-4-8(14(2)3)9(15)7-16-6-5-13-10(11)12/h8-9,15H,4-7H2,1-3H3,(H4,11,12,13). The number of nitrogens with zero attached hydrogens (tertiary/aromatic N) is 2. The summed E-state index contributed by atoms with van der Waals surface area (Å²) in [6.07, 6.45) is 0.394. The van der Waals surface area contributed by atoms with E-state index in [-0.39, 0.29) is 12.0 Å². The first kappa shape index (κ1) is 15.2. The summed E-state index contributed by atoms with van der Waals surface area (Å²) in [4.78, 5) is 5.77. The molecule has 16 heavy (non-hydrogen) atoms. The molecule has 0 amide bonds. The zero-order valence-corrected chi connectivity index (χ0v) is 10.4. The molecule has 2 unspecified atom stereocenters. The maximum atomic E-state index is 9.84. The number of likely N-dealkylation sites (N-methyl/N-ethyl adjacent to an activating group) is 1. The monoisotopic (exact) mass is 232 g/mol. The minimum atomic E-state index is -0.487. The number of hydrogen-bond acceptors (Lipinski definition) is 4. The molecule has 0 aliphatic heterocycles. The number of aliphatic hydroxyl groups excluding tert-OH is 1. The Bertz CT molecular complexity index is 205. The molecular formula is C10H24N4O2. The minimum Gasteiger partial charge on any atom is -0.389 e. The number of hydrogen-bond donors (Lipinski definition) is 3. The van der Waals surface area contributed by atoms with E-state index in [9.17, 15) is 5.11 Å². The first-order chi connectivity index (χ1) is 7.49. The van der Waals surface area contributed by atoms with Gasteiger partial charge in [0.15, 0.2) is 5.96 Å². The number of aliphatic hydroxyl groups is 1. The van der Waals surface area contributed by atoms with Gasteiger partial charge >= 0.3 is 0 Å². The molecule has 0 aromatic carbocycles. The van der Waals surface area contributed by atoms with Crippen LogP contribution in [-0.4, -0.2) is 62.0 Å². The van der Waals surface area contributed by atoms with Crippen LogP contribution in [0.3, 0.4) is 0 Å². The second-order valence-corrected chi connectivity index (χ2v) is 3.89. The average molecular weight is 232 g/mol. The van der Waals surface area contributed by atoms with Gasteiger partial charge in [0, 0.05) is 6.04 Å². The van der Waals surface area contributed by atoms with E-state index >= 15 is 0 Å². The van der Waals surface area contributed by atoms with Gasteiger partial charge in [-0.05, 0) is 20.5 Å². The molecule has 0 aliphatic rings. The Labute approximate surface area is 97.3 Å². The molecule has 0 heterocycles. The van der Waals surface area contributed by atoms with E-state index in [0.717, 1.165) is 6.42 Å². The fourth-order valence-electron chi connectivity index (χ4n) is 1.54. The van der Waals surface area contributed by atoms with Gasteiger partial charge in [0.25, 0.3) is 0 Å². The number of rotatable bonds is 8. The average Bonchev–Trinajstić information content (AvgIpc) is 2.17. The third-order valence-corrected chi connectivity index (χ3v) is 2.34. The molecule has 0 aromatic heterocycles. The molecule has 0 aliphatic carbocycles. The van der Waals surface area contributed by atoms with E-state index in [1.54, 1.807) is 0 Å². The Morgan fingerprint density at radius 2 is 2.06 bits per heavy atom. The topological polar surface area (TPSA) is 97.1 Å². The first-order valence-electron chi connectivity index (χ1n) is 5.46. The van der Waals surface area contributed by atoms with Crippen LogP contribution in [0.1, 0.15) is 13.3 Å². The van der Waals surface area contributed by atoms with Gasteiger partial charge in [0.1, 0.15) is 0 Å². The zero-order valence-electron chi connectivity index (χ0n) is 10.4. The summed E-state index contributed by atoms with van der Waals surface area (Å²) in [5, 5.41) is 9.84. The van der Waals surface area contributed by atoms with Crippen molar-refractivity contribution in [2.45, 2.75) is 25.5 Å². The van der Waals surface area contributed by atoms with Crippen LogP contribution in [-0.2, 0) is 4.74 Å². The summed E-state index contributed by atoms with van der Waals surface area (Å²) in [6, 6.07) is 0.114. The van der Waals surface area contributed by atoms with Gasteiger partial charge in [-0.15, -0.1) is 0 Å². The molecule has 96 valence electrons. The summed E-state index contributed by atoms with van der Waals surface area (Å²) < 4.78 is 5.28. The van der Waals surface area contributed by atoms with Crippen molar-refractivity contribution in [2.24, 2.45) is 16.5 Å². The van der Waals surface area contributed by atoms with Crippen LogP contribution in [0.25, 0.3) is 0 Å². The van der Waals surface area contributed by atoms with Gasteiger partial charge in [-0.25, -0.2) is 0 Å². The third kappa shape index (κ3) is 6.60. The van der Waals surface area contributed by atoms with Gasteiger partial charge in [-0.3, -0.25) is 4.99 Å². The number of ether oxygens (including phenoxy) is 1. The maximum Gasteiger partial charge on any atom is 0.185 e. The highest BCUT2D eigenvalue weighted by Gasteiger charge is 2.19. The van der Waals surface area contributed by atoms with Gasteiger partial charge in [0.2, 0.25) is 0 Å². The second-order valence-electron chi connectivity index (χ2n) is 3.89. The van der Waals surface area contributed by atoms with Crippen LogP contribution >= 0.6 is 0 Å². The van der Waals surface area contributed by atoms with Crippen LogP contribution in [0.5, 0.6) is 0 Å². The van der Waals surface area contributed by atoms with Crippen molar-refractivity contribution in [2.75, 3.05) is 33.9 Å². The molecule has 0 saturated carbocycles.